The third kappa shape index (κ3) is 6.30. The quantitative estimate of drug-likeness (QED) is 0.240. The van der Waals surface area contributed by atoms with Crippen molar-refractivity contribution in [3.8, 4) is 0 Å². The van der Waals surface area contributed by atoms with Crippen molar-refractivity contribution in [1.82, 2.24) is 9.78 Å². The first-order valence-corrected chi connectivity index (χ1v) is 13.8. The fourth-order valence-corrected chi connectivity index (χ4v) is 5.10. The standard InChI is InChI=1S/C33H35FN4O2/c1-22-14-16-38(17-15-22)28-11-7-26(8-12-28)32(39)19-24-4-9-27(10-5-24)36-31-13-6-25(18-30(31)34)20-33(40)29-21-35-37(3)23(29)2/h4-13,18,21-22,36H,14-17,19-20H2,1-3H3. The zero-order valence-electron chi connectivity index (χ0n) is 23.3. The molecule has 1 N–H and O–H groups in total. The molecule has 206 valence electrons. The average molecular weight is 539 g/mol. The number of anilines is 3. The number of nitrogens with zero attached hydrogens (tertiary/aromatic N) is 3. The van der Waals surface area contributed by atoms with Gasteiger partial charge in [-0.3, -0.25) is 14.3 Å². The average Bonchev–Trinajstić information content (AvgIpc) is 3.29. The zero-order chi connectivity index (χ0) is 28.2. The van der Waals surface area contributed by atoms with Gasteiger partial charge in [0.25, 0.3) is 0 Å². The Morgan fingerprint density at radius 1 is 0.925 bits per heavy atom. The van der Waals surface area contributed by atoms with Gasteiger partial charge in [-0.25, -0.2) is 4.39 Å². The minimum absolute atomic E-state index is 0.0668. The van der Waals surface area contributed by atoms with Gasteiger partial charge < -0.3 is 10.2 Å². The molecule has 5 rings (SSSR count). The second-order valence-corrected chi connectivity index (χ2v) is 10.8. The van der Waals surface area contributed by atoms with Crippen molar-refractivity contribution in [2.75, 3.05) is 23.3 Å². The van der Waals surface area contributed by atoms with Gasteiger partial charge >= 0.3 is 0 Å². The second kappa shape index (κ2) is 11.9. The van der Waals surface area contributed by atoms with E-state index < -0.39 is 5.82 Å². The number of Topliss-reactive ketones (excluding diaryl/α,β-unsaturated/α-hetero) is 2. The molecule has 0 unspecified atom stereocenters. The normalized spacial score (nSPS) is 13.8. The molecular formula is C33H35FN4O2. The number of carbonyl (C=O) groups is 2. The van der Waals surface area contributed by atoms with E-state index in [1.807, 2.05) is 55.5 Å². The Hall–Kier alpha value is -4.26. The number of aryl methyl sites for hydroxylation is 1. The van der Waals surface area contributed by atoms with Crippen LogP contribution in [0.25, 0.3) is 0 Å². The van der Waals surface area contributed by atoms with Crippen LogP contribution in [0.3, 0.4) is 0 Å². The Kier molecular flexibility index (Phi) is 8.10. The molecule has 0 radical (unpaired) electrons. The van der Waals surface area contributed by atoms with Crippen LogP contribution in [0.2, 0.25) is 0 Å². The van der Waals surface area contributed by atoms with Crippen molar-refractivity contribution in [2.24, 2.45) is 13.0 Å². The molecule has 0 saturated carbocycles. The summed E-state index contributed by atoms with van der Waals surface area (Å²) in [6, 6.07) is 20.1. The lowest BCUT2D eigenvalue weighted by atomic mass is 9.98. The van der Waals surface area contributed by atoms with Gasteiger partial charge in [-0.05, 0) is 85.3 Å². The molecule has 0 amide bonds. The molecule has 7 heteroatoms. The number of hydrogen-bond donors (Lipinski definition) is 1. The summed E-state index contributed by atoms with van der Waals surface area (Å²) in [4.78, 5) is 27.9. The van der Waals surface area contributed by atoms with Gasteiger partial charge in [0.1, 0.15) is 5.82 Å². The molecule has 1 saturated heterocycles. The van der Waals surface area contributed by atoms with Crippen LogP contribution in [0.1, 0.15) is 57.3 Å². The van der Waals surface area contributed by atoms with Gasteiger partial charge in [0.2, 0.25) is 0 Å². The van der Waals surface area contributed by atoms with E-state index in [0.717, 1.165) is 30.3 Å². The van der Waals surface area contributed by atoms with E-state index in [1.165, 1.54) is 24.6 Å². The molecule has 0 atom stereocenters. The maximum Gasteiger partial charge on any atom is 0.170 e. The number of carbonyl (C=O) groups excluding carboxylic acids is 2. The van der Waals surface area contributed by atoms with E-state index >= 15 is 0 Å². The minimum Gasteiger partial charge on any atom is -0.372 e. The molecule has 2 heterocycles. The molecule has 40 heavy (non-hydrogen) atoms. The van der Waals surface area contributed by atoms with Crippen molar-refractivity contribution < 1.29 is 14.0 Å². The third-order valence-electron chi connectivity index (χ3n) is 7.87. The lowest BCUT2D eigenvalue weighted by Gasteiger charge is -2.32. The maximum absolute atomic E-state index is 14.8. The Balaban J connectivity index is 1.16. The van der Waals surface area contributed by atoms with E-state index in [1.54, 1.807) is 30.1 Å². The van der Waals surface area contributed by atoms with Gasteiger partial charge in [-0.1, -0.05) is 25.1 Å². The Morgan fingerprint density at radius 3 is 2.20 bits per heavy atom. The molecule has 1 aliphatic heterocycles. The van der Waals surface area contributed by atoms with Crippen LogP contribution in [0.5, 0.6) is 0 Å². The summed E-state index contributed by atoms with van der Waals surface area (Å²) in [5, 5.41) is 7.19. The summed E-state index contributed by atoms with van der Waals surface area (Å²) in [5.41, 5.74) is 5.74. The number of halogens is 1. The molecule has 6 nitrogen and oxygen atoms in total. The van der Waals surface area contributed by atoms with Crippen LogP contribution in [-0.4, -0.2) is 34.4 Å². The van der Waals surface area contributed by atoms with Crippen LogP contribution in [0.4, 0.5) is 21.5 Å². The lowest BCUT2D eigenvalue weighted by molar-refractivity contribution is 0.0984. The number of rotatable bonds is 9. The lowest BCUT2D eigenvalue weighted by Crippen LogP contribution is -2.32. The summed E-state index contributed by atoms with van der Waals surface area (Å²) < 4.78 is 16.5. The Morgan fingerprint density at radius 2 is 1.57 bits per heavy atom. The van der Waals surface area contributed by atoms with Crippen LogP contribution >= 0.6 is 0 Å². The van der Waals surface area contributed by atoms with E-state index in [-0.39, 0.29) is 18.0 Å². The predicted octanol–water partition coefficient (Wildman–Crippen LogP) is 6.70. The predicted molar refractivity (Wildman–Crippen MR) is 157 cm³/mol. The van der Waals surface area contributed by atoms with Gasteiger partial charge in [-0.15, -0.1) is 0 Å². The Bertz CT molecular complexity index is 1500. The monoisotopic (exact) mass is 538 g/mol. The fraction of sp³-hybridized carbons (Fsp3) is 0.303. The highest BCUT2D eigenvalue weighted by Gasteiger charge is 2.17. The summed E-state index contributed by atoms with van der Waals surface area (Å²) >= 11 is 0. The van der Waals surface area contributed by atoms with E-state index in [2.05, 4.69) is 22.2 Å². The number of piperidine rings is 1. The van der Waals surface area contributed by atoms with Crippen LogP contribution in [0.15, 0.2) is 72.9 Å². The van der Waals surface area contributed by atoms with E-state index in [9.17, 15) is 14.0 Å². The number of ketones is 2. The highest BCUT2D eigenvalue weighted by atomic mass is 19.1. The van der Waals surface area contributed by atoms with Crippen molar-refractivity contribution in [3.63, 3.8) is 0 Å². The number of nitrogens with one attached hydrogen (secondary N) is 1. The first-order valence-electron chi connectivity index (χ1n) is 13.8. The fourth-order valence-electron chi connectivity index (χ4n) is 5.10. The Labute approximate surface area is 234 Å². The molecule has 4 aromatic rings. The number of aromatic nitrogens is 2. The molecule has 0 aliphatic carbocycles. The van der Waals surface area contributed by atoms with Crippen LogP contribution < -0.4 is 10.2 Å². The van der Waals surface area contributed by atoms with Gasteiger partial charge in [0.05, 0.1) is 17.4 Å². The minimum atomic E-state index is -0.435. The molecular weight excluding hydrogens is 503 g/mol. The highest BCUT2D eigenvalue weighted by molar-refractivity contribution is 5.98. The zero-order valence-corrected chi connectivity index (χ0v) is 23.3. The van der Waals surface area contributed by atoms with E-state index in [0.29, 0.717) is 34.5 Å². The molecule has 1 aromatic heterocycles. The first-order chi connectivity index (χ1) is 19.3. The van der Waals surface area contributed by atoms with Crippen molar-refractivity contribution >= 4 is 28.6 Å². The third-order valence-corrected chi connectivity index (χ3v) is 7.87. The second-order valence-electron chi connectivity index (χ2n) is 10.8. The van der Waals surface area contributed by atoms with E-state index in [4.69, 9.17) is 0 Å². The first kappa shape index (κ1) is 27.3. The molecule has 1 aliphatic rings. The van der Waals surface area contributed by atoms with Crippen molar-refractivity contribution in [1.29, 1.82) is 0 Å². The number of benzene rings is 3. The van der Waals surface area contributed by atoms with Crippen LogP contribution in [0, 0.1) is 18.7 Å². The van der Waals surface area contributed by atoms with Crippen molar-refractivity contribution in [3.05, 3.63) is 107 Å². The molecule has 3 aromatic carbocycles. The summed E-state index contributed by atoms with van der Waals surface area (Å²) in [5.74, 6) is 0.318. The van der Waals surface area contributed by atoms with Crippen molar-refractivity contribution in [2.45, 2.75) is 39.5 Å². The van der Waals surface area contributed by atoms with Gasteiger partial charge in [0.15, 0.2) is 11.6 Å². The SMILES string of the molecule is Cc1c(C(=O)Cc2ccc(Nc3ccc(CC(=O)c4ccc(N5CCC(C)CC5)cc4)cc3)c(F)c2)cnn1C. The highest BCUT2D eigenvalue weighted by Crippen LogP contribution is 2.25. The number of hydrogen-bond acceptors (Lipinski definition) is 5. The summed E-state index contributed by atoms with van der Waals surface area (Å²) in [6.45, 7) is 6.26. The summed E-state index contributed by atoms with van der Waals surface area (Å²) in [7, 11) is 1.78. The molecule has 0 bridgehead atoms. The topological polar surface area (TPSA) is 67.2 Å². The maximum atomic E-state index is 14.8. The smallest absolute Gasteiger partial charge is 0.170 e. The summed E-state index contributed by atoms with van der Waals surface area (Å²) in [6.07, 6.45) is 4.36. The molecule has 0 spiro atoms. The van der Waals surface area contributed by atoms with Gasteiger partial charge in [-0.2, -0.15) is 5.10 Å². The molecule has 1 fully saturated rings. The van der Waals surface area contributed by atoms with Gasteiger partial charge in [0, 0.05) is 55.6 Å². The van der Waals surface area contributed by atoms with Crippen LogP contribution in [-0.2, 0) is 19.9 Å². The largest absolute Gasteiger partial charge is 0.372 e.